The number of carbonyl (C=O) groups excluding carboxylic acids is 1. The Bertz CT molecular complexity index is 597. The van der Waals surface area contributed by atoms with Crippen LogP contribution in [0, 0.1) is 0 Å². The molecule has 0 atom stereocenters. The Hall–Kier alpha value is -2.07. The van der Waals surface area contributed by atoms with E-state index in [-0.39, 0.29) is 5.78 Å². The van der Waals surface area contributed by atoms with Crippen molar-refractivity contribution in [1.82, 2.24) is 4.98 Å². The van der Waals surface area contributed by atoms with Crippen LogP contribution >= 0.6 is 11.6 Å². The Kier molecular flexibility index (Phi) is 4.02. The molecule has 0 bridgehead atoms. The molecular weight excluding hydrogens is 264 g/mol. The van der Waals surface area contributed by atoms with Gasteiger partial charge in [-0.25, -0.2) is 4.98 Å². The lowest BCUT2D eigenvalue weighted by molar-refractivity contribution is 0.101. The number of nitrogens with one attached hydrogen (secondary N) is 1. The van der Waals surface area contributed by atoms with E-state index >= 15 is 0 Å². The highest BCUT2D eigenvalue weighted by atomic mass is 35.5. The zero-order valence-corrected chi connectivity index (χ0v) is 11.4. The number of aromatic nitrogens is 1. The van der Waals surface area contributed by atoms with Crippen LogP contribution in [-0.2, 0) is 0 Å². The molecule has 0 aliphatic heterocycles. The predicted octanol–water partition coefficient (Wildman–Crippen LogP) is 3.69. The number of Topliss-reactive ketones (excluding diaryl/α,β-unsaturated/α-hetero) is 1. The Morgan fingerprint density at radius 1 is 1.32 bits per heavy atom. The SMILES string of the molecule is COc1ccc(Nc2ccc(Cl)cn2)cc1C(C)=O. The highest BCUT2D eigenvalue weighted by molar-refractivity contribution is 6.30. The van der Waals surface area contributed by atoms with Crippen LogP contribution in [0.5, 0.6) is 5.75 Å². The van der Waals surface area contributed by atoms with Crippen molar-refractivity contribution in [3.05, 3.63) is 47.1 Å². The monoisotopic (exact) mass is 276 g/mol. The largest absolute Gasteiger partial charge is 0.496 e. The van der Waals surface area contributed by atoms with Gasteiger partial charge in [0.05, 0.1) is 17.7 Å². The zero-order chi connectivity index (χ0) is 13.8. The van der Waals surface area contributed by atoms with Gasteiger partial charge in [0.15, 0.2) is 5.78 Å². The molecule has 0 aliphatic carbocycles. The van der Waals surface area contributed by atoms with E-state index in [2.05, 4.69) is 10.3 Å². The van der Waals surface area contributed by atoms with Crippen LogP contribution in [0.15, 0.2) is 36.5 Å². The van der Waals surface area contributed by atoms with Crippen molar-refractivity contribution >= 4 is 28.9 Å². The summed E-state index contributed by atoms with van der Waals surface area (Å²) in [6, 6.07) is 8.81. The number of pyridine rings is 1. The number of ether oxygens (including phenoxy) is 1. The first-order valence-electron chi connectivity index (χ1n) is 5.67. The van der Waals surface area contributed by atoms with Gasteiger partial charge in [0.25, 0.3) is 0 Å². The summed E-state index contributed by atoms with van der Waals surface area (Å²) >= 11 is 5.77. The molecule has 98 valence electrons. The second kappa shape index (κ2) is 5.71. The molecule has 1 aromatic carbocycles. The fourth-order valence-corrected chi connectivity index (χ4v) is 1.77. The van der Waals surface area contributed by atoms with Crippen molar-refractivity contribution < 1.29 is 9.53 Å². The topological polar surface area (TPSA) is 51.2 Å². The summed E-state index contributed by atoms with van der Waals surface area (Å²) in [4.78, 5) is 15.7. The van der Waals surface area contributed by atoms with E-state index in [0.717, 1.165) is 5.69 Å². The Morgan fingerprint density at radius 2 is 2.11 bits per heavy atom. The van der Waals surface area contributed by atoms with Gasteiger partial charge < -0.3 is 10.1 Å². The first-order valence-corrected chi connectivity index (χ1v) is 6.05. The van der Waals surface area contributed by atoms with E-state index in [0.29, 0.717) is 22.2 Å². The first-order chi connectivity index (χ1) is 9.10. The Labute approximate surface area is 116 Å². The number of hydrogen-bond acceptors (Lipinski definition) is 4. The third kappa shape index (κ3) is 3.23. The number of nitrogens with zero attached hydrogens (tertiary/aromatic N) is 1. The lowest BCUT2D eigenvalue weighted by Crippen LogP contribution is -2.00. The number of ketones is 1. The average Bonchev–Trinajstić information content (AvgIpc) is 2.41. The lowest BCUT2D eigenvalue weighted by Gasteiger charge is -2.10. The summed E-state index contributed by atoms with van der Waals surface area (Å²) in [5.74, 6) is 1.16. The summed E-state index contributed by atoms with van der Waals surface area (Å²) in [5.41, 5.74) is 1.29. The second-order valence-electron chi connectivity index (χ2n) is 3.96. The molecule has 0 aliphatic rings. The van der Waals surface area contributed by atoms with Gasteiger partial charge in [0.1, 0.15) is 11.6 Å². The average molecular weight is 277 g/mol. The van der Waals surface area contributed by atoms with Crippen LogP contribution in [0.3, 0.4) is 0 Å². The molecule has 4 nitrogen and oxygen atoms in total. The fourth-order valence-electron chi connectivity index (χ4n) is 1.66. The highest BCUT2D eigenvalue weighted by Gasteiger charge is 2.09. The van der Waals surface area contributed by atoms with Gasteiger partial charge in [-0.2, -0.15) is 0 Å². The van der Waals surface area contributed by atoms with Crippen molar-refractivity contribution in [3.8, 4) is 5.75 Å². The quantitative estimate of drug-likeness (QED) is 0.865. The molecule has 0 fully saturated rings. The Balaban J connectivity index is 2.28. The van der Waals surface area contributed by atoms with Crippen molar-refractivity contribution in [1.29, 1.82) is 0 Å². The molecule has 1 aromatic heterocycles. The lowest BCUT2D eigenvalue weighted by atomic mass is 10.1. The maximum atomic E-state index is 11.5. The summed E-state index contributed by atoms with van der Waals surface area (Å²) in [6.07, 6.45) is 1.55. The van der Waals surface area contributed by atoms with Gasteiger partial charge in [0.2, 0.25) is 0 Å². The fraction of sp³-hybridized carbons (Fsp3) is 0.143. The maximum absolute atomic E-state index is 11.5. The van der Waals surface area contributed by atoms with Crippen molar-refractivity contribution in [3.63, 3.8) is 0 Å². The number of hydrogen-bond donors (Lipinski definition) is 1. The summed E-state index contributed by atoms with van der Waals surface area (Å²) in [7, 11) is 1.54. The Morgan fingerprint density at radius 3 is 2.68 bits per heavy atom. The van der Waals surface area contributed by atoms with Gasteiger partial charge in [-0.3, -0.25) is 4.79 Å². The molecule has 2 aromatic rings. The molecular formula is C14H13ClN2O2. The molecule has 1 heterocycles. The number of methoxy groups -OCH3 is 1. The molecule has 0 saturated heterocycles. The number of halogens is 1. The molecule has 0 saturated carbocycles. The molecule has 5 heteroatoms. The summed E-state index contributed by atoms with van der Waals surface area (Å²) < 4.78 is 5.15. The molecule has 0 radical (unpaired) electrons. The van der Waals surface area contributed by atoms with Crippen LogP contribution in [0.25, 0.3) is 0 Å². The van der Waals surface area contributed by atoms with E-state index in [9.17, 15) is 4.79 Å². The van der Waals surface area contributed by atoms with Crippen LogP contribution in [0.2, 0.25) is 5.02 Å². The number of rotatable bonds is 4. The normalized spacial score (nSPS) is 10.1. The third-order valence-electron chi connectivity index (χ3n) is 2.58. The molecule has 0 spiro atoms. The van der Waals surface area contributed by atoms with Gasteiger partial charge in [-0.1, -0.05) is 11.6 Å². The first kappa shape index (κ1) is 13.4. The molecule has 0 amide bonds. The third-order valence-corrected chi connectivity index (χ3v) is 2.80. The van der Waals surface area contributed by atoms with E-state index in [1.165, 1.54) is 14.0 Å². The van der Waals surface area contributed by atoms with Gasteiger partial charge >= 0.3 is 0 Å². The number of anilines is 2. The highest BCUT2D eigenvalue weighted by Crippen LogP contribution is 2.25. The van der Waals surface area contributed by atoms with Crippen LogP contribution < -0.4 is 10.1 Å². The number of carbonyl (C=O) groups is 1. The zero-order valence-electron chi connectivity index (χ0n) is 10.6. The van der Waals surface area contributed by atoms with Crippen molar-refractivity contribution in [2.24, 2.45) is 0 Å². The van der Waals surface area contributed by atoms with E-state index in [1.54, 1.807) is 30.5 Å². The van der Waals surface area contributed by atoms with Gasteiger partial charge in [-0.05, 0) is 37.3 Å². The summed E-state index contributed by atoms with van der Waals surface area (Å²) in [6.45, 7) is 1.50. The van der Waals surface area contributed by atoms with Gasteiger partial charge in [-0.15, -0.1) is 0 Å². The summed E-state index contributed by atoms with van der Waals surface area (Å²) in [5, 5.41) is 3.67. The van der Waals surface area contributed by atoms with Gasteiger partial charge in [0, 0.05) is 11.9 Å². The minimum atomic E-state index is -0.0513. The predicted molar refractivity (Wildman–Crippen MR) is 75.5 cm³/mol. The van der Waals surface area contributed by atoms with Crippen molar-refractivity contribution in [2.75, 3.05) is 12.4 Å². The van der Waals surface area contributed by atoms with Crippen LogP contribution in [-0.4, -0.2) is 17.9 Å². The minimum absolute atomic E-state index is 0.0513. The maximum Gasteiger partial charge on any atom is 0.163 e. The van der Waals surface area contributed by atoms with Crippen LogP contribution in [0.4, 0.5) is 11.5 Å². The smallest absolute Gasteiger partial charge is 0.163 e. The van der Waals surface area contributed by atoms with E-state index in [4.69, 9.17) is 16.3 Å². The molecule has 2 rings (SSSR count). The van der Waals surface area contributed by atoms with Crippen molar-refractivity contribution in [2.45, 2.75) is 6.92 Å². The molecule has 19 heavy (non-hydrogen) atoms. The second-order valence-corrected chi connectivity index (χ2v) is 4.39. The molecule has 1 N–H and O–H groups in total. The standard InChI is InChI=1S/C14H13ClN2O2/c1-9(18)12-7-11(4-5-13(12)19-2)17-14-6-3-10(15)8-16-14/h3-8H,1-2H3,(H,16,17). The number of benzene rings is 1. The minimum Gasteiger partial charge on any atom is -0.496 e. The molecule has 0 unspecified atom stereocenters. The van der Waals surface area contributed by atoms with E-state index < -0.39 is 0 Å². The van der Waals surface area contributed by atoms with Crippen LogP contribution in [0.1, 0.15) is 17.3 Å². The van der Waals surface area contributed by atoms with E-state index in [1.807, 2.05) is 6.07 Å².